The van der Waals surface area contributed by atoms with Crippen molar-refractivity contribution in [1.29, 1.82) is 0 Å². The van der Waals surface area contributed by atoms with Crippen LogP contribution in [0.3, 0.4) is 0 Å². The van der Waals surface area contributed by atoms with E-state index in [0.29, 0.717) is 30.2 Å². The molecule has 118 valence electrons. The minimum atomic E-state index is -0.320. The number of nitrogen functional groups attached to an aromatic ring is 1. The van der Waals surface area contributed by atoms with Crippen molar-refractivity contribution in [3.63, 3.8) is 0 Å². The Morgan fingerprint density at radius 3 is 2.95 bits per heavy atom. The highest BCUT2D eigenvalue weighted by molar-refractivity contribution is 7.18. The molecule has 1 saturated heterocycles. The fraction of sp³-hybridized carbons (Fsp3) is 0.714. The number of hydrogen-bond donors (Lipinski definition) is 2. The minimum Gasteiger partial charge on any atom is -0.393 e. The zero-order valence-electron chi connectivity index (χ0n) is 12.9. The minimum absolute atomic E-state index is 0.0695. The number of anilines is 2. The average Bonchev–Trinajstić information content (AvgIpc) is 2.83. The molecule has 21 heavy (non-hydrogen) atoms. The van der Waals surface area contributed by atoms with Crippen LogP contribution in [0.25, 0.3) is 0 Å². The molecule has 0 radical (unpaired) electrons. The molecule has 1 fully saturated rings. The molecule has 0 bridgehead atoms. The quantitative estimate of drug-likeness (QED) is 0.878. The van der Waals surface area contributed by atoms with E-state index < -0.39 is 0 Å². The molecule has 1 aliphatic rings. The van der Waals surface area contributed by atoms with Crippen molar-refractivity contribution in [3.8, 4) is 0 Å². The predicted octanol–water partition coefficient (Wildman–Crippen LogP) is 1.41. The molecule has 1 aromatic rings. The van der Waals surface area contributed by atoms with Gasteiger partial charge in [0.2, 0.25) is 0 Å². The van der Waals surface area contributed by atoms with Crippen LogP contribution in [0.2, 0.25) is 0 Å². The SMILES string of the molecule is CCCN(C)c1nc(N)c(C(=O)N2CCC(O)C(C)C2)s1. The van der Waals surface area contributed by atoms with Gasteiger partial charge in [-0.3, -0.25) is 4.79 Å². The van der Waals surface area contributed by atoms with Crippen molar-refractivity contribution < 1.29 is 9.90 Å². The van der Waals surface area contributed by atoms with E-state index >= 15 is 0 Å². The van der Waals surface area contributed by atoms with E-state index in [0.717, 1.165) is 18.1 Å². The molecule has 0 spiro atoms. The Morgan fingerprint density at radius 1 is 1.62 bits per heavy atom. The van der Waals surface area contributed by atoms with Gasteiger partial charge in [0.15, 0.2) is 5.13 Å². The van der Waals surface area contributed by atoms with Gasteiger partial charge in [0, 0.05) is 26.7 Å². The van der Waals surface area contributed by atoms with Crippen LogP contribution >= 0.6 is 11.3 Å². The second-order valence-corrected chi connectivity index (χ2v) is 6.69. The zero-order valence-corrected chi connectivity index (χ0v) is 13.7. The number of piperidine rings is 1. The van der Waals surface area contributed by atoms with Crippen LogP contribution in [0.5, 0.6) is 0 Å². The molecule has 6 nitrogen and oxygen atoms in total. The Labute approximate surface area is 129 Å². The topological polar surface area (TPSA) is 82.7 Å². The lowest BCUT2D eigenvalue weighted by atomic mass is 9.97. The molecule has 1 aliphatic heterocycles. The Kier molecular flexibility index (Phi) is 5.05. The first-order chi connectivity index (χ1) is 9.93. The maximum absolute atomic E-state index is 12.6. The first-order valence-electron chi connectivity index (χ1n) is 7.38. The highest BCUT2D eigenvalue weighted by atomic mass is 32.1. The molecule has 2 unspecified atom stereocenters. The van der Waals surface area contributed by atoms with Crippen LogP contribution in [-0.2, 0) is 0 Å². The van der Waals surface area contributed by atoms with Gasteiger partial charge in [-0.05, 0) is 18.8 Å². The molecule has 0 aromatic carbocycles. The zero-order chi connectivity index (χ0) is 15.6. The van der Waals surface area contributed by atoms with Gasteiger partial charge in [-0.25, -0.2) is 4.98 Å². The lowest BCUT2D eigenvalue weighted by Crippen LogP contribution is -2.44. The highest BCUT2D eigenvalue weighted by Gasteiger charge is 2.30. The molecule has 2 heterocycles. The smallest absolute Gasteiger partial charge is 0.267 e. The van der Waals surface area contributed by atoms with Crippen LogP contribution in [0.4, 0.5) is 10.9 Å². The van der Waals surface area contributed by atoms with E-state index in [1.165, 1.54) is 11.3 Å². The fourth-order valence-corrected chi connectivity index (χ4v) is 3.47. The Balaban J connectivity index is 2.12. The molecular weight excluding hydrogens is 288 g/mol. The molecule has 3 N–H and O–H groups in total. The molecule has 2 atom stereocenters. The third kappa shape index (κ3) is 3.47. The van der Waals surface area contributed by atoms with Crippen LogP contribution < -0.4 is 10.6 Å². The van der Waals surface area contributed by atoms with Gasteiger partial charge in [-0.2, -0.15) is 0 Å². The number of carbonyl (C=O) groups is 1. The molecular formula is C14H24N4O2S. The van der Waals surface area contributed by atoms with Crippen LogP contribution in [0.15, 0.2) is 0 Å². The van der Waals surface area contributed by atoms with Crippen molar-refractivity contribution in [2.45, 2.75) is 32.8 Å². The van der Waals surface area contributed by atoms with Crippen molar-refractivity contribution in [2.75, 3.05) is 37.3 Å². The van der Waals surface area contributed by atoms with Crippen LogP contribution in [0.1, 0.15) is 36.4 Å². The van der Waals surface area contributed by atoms with Gasteiger partial charge in [0.1, 0.15) is 10.7 Å². The fourth-order valence-electron chi connectivity index (χ4n) is 2.53. The predicted molar refractivity (Wildman–Crippen MR) is 85.8 cm³/mol. The normalized spacial score (nSPS) is 22.4. The van der Waals surface area contributed by atoms with E-state index in [1.54, 1.807) is 4.90 Å². The van der Waals surface area contributed by atoms with E-state index in [1.807, 2.05) is 18.9 Å². The Hall–Kier alpha value is -1.34. The summed E-state index contributed by atoms with van der Waals surface area (Å²) in [5.74, 6) is 0.334. The number of aliphatic hydroxyl groups excluding tert-OH is 1. The van der Waals surface area contributed by atoms with Gasteiger partial charge in [-0.1, -0.05) is 25.2 Å². The third-order valence-electron chi connectivity index (χ3n) is 3.87. The maximum Gasteiger partial charge on any atom is 0.267 e. The summed E-state index contributed by atoms with van der Waals surface area (Å²) >= 11 is 1.35. The largest absolute Gasteiger partial charge is 0.393 e. The van der Waals surface area contributed by atoms with Crippen LogP contribution in [-0.4, -0.2) is 53.7 Å². The number of nitrogens with zero attached hydrogens (tertiary/aromatic N) is 3. The first-order valence-corrected chi connectivity index (χ1v) is 8.20. The Bertz CT molecular complexity index is 505. The summed E-state index contributed by atoms with van der Waals surface area (Å²) in [6.07, 6.45) is 1.31. The van der Waals surface area contributed by atoms with Crippen molar-refractivity contribution in [3.05, 3.63) is 4.88 Å². The Morgan fingerprint density at radius 2 is 2.33 bits per heavy atom. The lowest BCUT2D eigenvalue weighted by molar-refractivity contribution is 0.0301. The second-order valence-electron chi connectivity index (χ2n) is 5.72. The first kappa shape index (κ1) is 16.0. The van der Waals surface area contributed by atoms with E-state index in [4.69, 9.17) is 5.73 Å². The number of amides is 1. The number of hydrogen-bond acceptors (Lipinski definition) is 6. The summed E-state index contributed by atoms with van der Waals surface area (Å²) in [7, 11) is 1.95. The number of thiazole rings is 1. The van der Waals surface area contributed by atoms with Gasteiger partial charge in [-0.15, -0.1) is 0 Å². The number of carbonyl (C=O) groups excluding carboxylic acids is 1. The van der Waals surface area contributed by atoms with Crippen molar-refractivity contribution >= 4 is 28.2 Å². The number of aromatic nitrogens is 1. The van der Waals surface area contributed by atoms with E-state index in [-0.39, 0.29) is 17.9 Å². The molecule has 7 heteroatoms. The summed E-state index contributed by atoms with van der Waals surface area (Å²) in [4.78, 5) is 21.2. The summed E-state index contributed by atoms with van der Waals surface area (Å²) in [5, 5.41) is 10.5. The van der Waals surface area contributed by atoms with E-state index in [9.17, 15) is 9.90 Å². The van der Waals surface area contributed by atoms with Gasteiger partial charge < -0.3 is 20.6 Å². The monoisotopic (exact) mass is 312 g/mol. The molecule has 1 amide bonds. The summed E-state index contributed by atoms with van der Waals surface area (Å²) in [6.45, 7) is 6.08. The summed E-state index contributed by atoms with van der Waals surface area (Å²) < 4.78 is 0. The molecule has 0 saturated carbocycles. The molecule has 0 aliphatic carbocycles. The number of likely N-dealkylation sites (tertiary alicyclic amines) is 1. The number of aliphatic hydroxyl groups is 1. The summed E-state index contributed by atoms with van der Waals surface area (Å²) in [6, 6.07) is 0. The summed E-state index contributed by atoms with van der Waals surface area (Å²) in [5.41, 5.74) is 5.92. The van der Waals surface area contributed by atoms with Crippen molar-refractivity contribution in [1.82, 2.24) is 9.88 Å². The van der Waals surface area contributed by atoms with Gasteiger partial charge >= 0.3 is 0 Å². The van der Waals surface area contributed by atoms with Crippen LogP contribution in [0, 0.1) is 5.92 Å². The third-order valence-corrected chi connectivity index (χ3v) is 5.04. The maximum atomic E-state index is 12.6. The molecule has 1 aromatic heterocycles. The second kappa shape index (κ2) is 6.62. The lowest BCUT2D eigenvalue weighted by Gasteiger charge is -2.34. The van der Waals surface area contributed by atoms with Crippen molar-refractivity contribution in [2.24, 2.45) is 5.92 Å². The standard InChI is InChI=1S/C14H24N4O2S/c1-4-6-17(3)14-16-12(15)11(21-14)13(20)18-7-5-10(19)9(2)8-18/h9-10,19H,4-8,15H2,1-3H3. The van der Waals surface area contributed by atoms with Gasteiger partial charge in [0.05, 0.1) is 6.10 Å². The van der Waals surface area contributed by atoms with Gasteiger partial charge in [0.25, 0.3) is 5.91 Å². The van der Waals surface area contributed by atoms with E-state index in [2.05, 4.69) is 11.9 Å². The molecule has 2 rings (SSSR count). The number of rotatable bonds is 4. The number of nitrogens with two attached hydrogens (primary N) is 1. The highest BCUT2D eigenvalue weighted by Crippen LogP contribution is 2.30. The average molecular weight is 312 g/mol.